The molecule has 128 valence electrons. The Bertz CT molecular complexity index is 863. The molecule has 1 atom stereocenters. The minimum atomic E-state index is -0.973. The number of anilines is 1. The molecule has 7 nitrogen and oxygen atoms in total. The lowest BCUT2D eigenvalue weighted by atomic mass is 9.99. The maximum absolute atomic E-state index is 11.9. The molecular formula is C18H17N3O4. The van der Waals surface area contributed by atoms with Crippen LogP contribution in [0.1, 0.15) is 31.8 Å². The van der Waals surface area contributed by atoms with Crippen molar-refractivity contribution in [3.05, 3.63) is 64.7 Å². The molecule has 0 radical (unpaired) electrons. The lowest BCUT2D eigenvalue weighted by Gasteiger charge is -2.16. The topological polar surface area (TPSA) is 122 Å². The van der Waals surface area contributed by atoms with E-state index in [0.717, 1.165) is 5.56 Å². The molecule has 0 saturated carbocycles. The van der Waals surface area contributed by atoms with Crippen molar-refractivity contribution in [2.75, 3.05) is 5.32 Å². The number of benzene rings is 2. The summed E-state index contributed by atoms with van der Waals surface area (Å²) >= 11 is 0. The van der Waals surface area contributed by atoms with Crippen LogP contribution in [0.2, 0.25) is 0 Å². The number of rotatable bonds is 6. The molecule has 0 aromatic heterocycles. The van der Waals surface area contributed by atoms with Gasteiger partial charge in [-0.25, -0.2) is 0 Å². The quantitative estimate of drug-likeness (QED) is 0.453. The lowest BCUT2D eigenvalue weighted by molar-refractivity contribution is -0.117. The van der Waals surface area contributed by atoms with E-state index in [9.17, 15) is 19.5 Å². The summed E-state index contributed by atoms with van der Waals surface area (Å²) < 4.78 is 0. The van der Waals surface area contributed by atoms with Gasteiger partial charge < -0.3 is 16.2 Å². The van der Waals surface area contributed by atoms with Crippen LogP contribution in [0.3, 0.4) is 0 Å². The van der Waals surface area contributed by atoms with Crippen LogP contribution < -0.4 is 16.4 Å². The zero-order valence-electron chi connectivity index (χ0n) is 13.3. The summed E-state index contributed by atoms with van der Waals surface area (Å²) in [6.07, 6.45) is -0.719. The number of carbonyl (C=O) groups is 3. The van der Waals surface area contributed by atoms with E-state index < -0.39 is 23.9 Å². The van der Waals surface area contributed by atoms with Gasteiger partial charge in [0.2, 0.25) is 5.91 Å². The van der Waals surface area contributed by atoms with Crippen molar-refractivity contribution in [1.82, 2.24) is 5.32 Å². The minimum Gasteiger partial charge on any atom is -0.373 e. The van der Waals surface area contributed by atoms with Crippen LogP contribution in [-0.2, 0) is 17.6 Å². The standard InChI is InChI=1S/C18H17N3O4/c19-14(22)8-10-3-1-5-12(7-10)20-15(23)9-11-4-2-6-13-16(11)18(25)21-17(13)24/h1-7,15,20,23H,8-9H2,(H2,19,22)(H,21,24,25). The molecule has 7 heteroatoms. The molecule has 25 heavy (non-hydrogen) atoms. The number of aliphatic hydroxyl groups excluding tert-OH is 1. The highest BCUT2D eigenvalue weighted by Gasteiger charge is 2.29. The van der Waals surface area contributed by atoms with Crippen molar-refractivity contribution in [3.63, 3.8) is 0 Å². The van der Waals surface area contributed by atoms with Crippen LogP contribution in [0.25, 0.3) is 0 Å². The van der Waals surface area contributed by atoms with Gasteiger partial charge in [-0.1, -0.05) is 24.3 Å². The number of primary amides is 1. The maximum Gasteiger partial charge on any atom is 0.259 e. The van der Waals surface area contributed by atoms with Crippen LogP contribution in [0.15, 0.2) is 42.5 Å². The van der Waals surface area contributed by atoms with Crippen LogP contribution in [0, 0.1) is 0 Å². The first kappa shape index (κ1) is 16.7. The second-order valence-electron chi connectivity index (χ2n) is 5.83. The number of carbonyl (C=O) groups excluding carboxylic acids is 3. The summed E-state index contributed by atoms with van der Waals surface area (Å²) in [6, 6.07) is 11.9. The Labute approximate surface area is 143 Å². The van der Waals surface area contributed by atoms with Crippen molar-refractivity contribution in [3.8, 4) is 0 Å². The maximum atomic E-state index is 11.9. The molecule has 1 aliphatic heterocycles. The summed E-state index contributed by atoms with van der Waals surface area (Å²) in [5.74, 6) is -1.32. The molecule has 3 rings (SSSR count). The normalized spacial score (nSPS) is 14.0. The Balaban J connectivity index is 1.74. The first-order valence-corrected chi connectivity index (χ1v) is 7.73. The van der Waals surface area contributed by atoms with E-state index in [-0.39, 0.29) is 12.8 Å². The average molecular weight is 339 g/mol. The van der Waals surface area contributed by atoms with Gasteiger partial charge >= 0.3 is 0 Å². The molecule has 2 aromatic carbocycles. The fourth-order valence-electron chi connectivity index (χ4n) is 2.88. The summed E-state index contributed by atoms with van der Waals surface area (Å²) in [5, 5.41) is 15.4. The van der Waals surface area contributed by atoms with E-state index in [0.29, 0.717) is 22.4 Å². The molecular weight excluding hydrogens is 322 g/mol. The molecule has 1 heterocycles. The summed E-state index contributed by atoms with van der Waals surface area (Å²) in [5.41, 5.74) is 7.73. The summed E-state index contributed by atoms with van der Waals surface area (Å²) in [4.78, 5) is 34.6. The van der Waals surface area contributed by atoms with Crippen molar-refractivity contribution >= 4 is 23.4 Å². The van der Waals surface area contributed by atoms with Gasteiger partial charge in [0.15, 0.2) is 0 Å². The minimum absolute atomic E-state index is 0.111. The fraction of sp³-hybridized carbons (Fsp3) is 0.167. The average Bonchev–Trinajstić information content (AvgIpc) is 2.82. The Morgan fingerprint density at radius 3 is 2.68 bits per heavy atom. The molecule has 5 N–H and O–H groups in total. The Morgan fingerprint density at radius 1 is 1.16 bits per heavy atom. The largest absolute Gasteiger partial charge is 0.373 e. The van der Waals surface area contributed by atoms with E-state index >= 15 is 0 Å². The molecule has 3 amide bonds. The lowest BCUT2D eigenvalue weighted by Crippen LogP contribution is -2.24. The van der Waals surface area contributed by atoms with Gasteiger partial charge in [0.05, 0.1) is 17.5 Å². The Kier molecular flexibility index (Phi) is 4.49. The van der Waals surface area contributed by atoms with Gasteiger partial charge in [-0.2, -0.15) is 0 Å². The zero-order valence-corrected chi connectivity index (χ0v) is 13.3. The SMILES string of the molecule is NC(=O)Cc1cccc(NC(O)Cc2cccc3c2C(=O)NC3=O)c1. The van der Waals surface area contributed by atoms with Gasteiger partial charge in [-0.3, -0.25) is 19.7 Å². The molecule has 0 aliphatic carbocycles. The number of nitrogens with two attached hydrogens (primary N) is 1. The van der Waals surface area contributed by atoms with Crippen molar-refractivity contribution in [2.24, 2.45) is 5.73 Å². The third-order valence-corrected chi connectivity index (χ3v) is 3.90. The molecule has 0 bridgehead atoms. The predicted molar refractivity (Wildman–Crippen MR) is 90.9 cm³/mol. The van der Waals surface area contributed by atoms with E-state index in [2.05, 4.69) is 10.6 Å². The van der Waals surface area contributed by atoms with E-state index in [4.69, 9.17) is 5.73 Å². The van der Waals surface area contributed by atoms with E-state index in [1.807, 2.05) is 0 Å². The molecule has 2 aromatic rings. The Morgan fingerprint density at radius 2 is 1.92 bits per heavy atom. The smallest absolute Gasteiger partial charge is 0.259 e. The van der Waals surface area contributed by atoms with Gasteiger partial charge in [-0.15, -0.1) is 0 Å². The number of amides is 3. The third kappa shape index (κ3) is 3.67. The Hall–Kier alpha value is -3.19. The van der Waals surface area contributed by atoms with Gasteiger partial charge in [0.25, 0.3) is 11.8 Å². The molecule has 0 spiro atoms. The van der Waals surface area contributed by atoms with Crippen molar-refractivity contribution < 1.29 is 19.5 Å². The van der Waals surface area contributed by atoms with Gasteiger partial charge in [0.1, 0.15) is 6.23 Å². The number of imide groups is 1. The summed E-state index contributed by atoms with van der Waals surface area (Å²) in [7, 11) is 0. The highest BCUT2D eigenvalue weighted by molar-refractivity contribution is 6.22. The monoisotopic (exact) mass is 339 g/mol. The van der Waals surface area contributed by atoms with Crippen LogP contribution >= 0.6 is 0 Å². The highest BCUT2D eigenvalue weighted by atomic mass is 16.3. The number of fused-ring (bicyclic) bond motifs is 1. The van der Waals surface area contributed by atoms with Crippen LogP contribution in [-0.4, -0.2) is 29.1 Å². The molecule has 0 fully saturated rings. The van der Waals surface area contributed by atoms with Crippen molar-refractivity contribution in [1.29, 1.82) is 0 Å². The molecule has 1 aliphatic rings. The fourth-order valence-corrected chi connectivity index (χ4v) is 2.88. The van der Waals surface area contributed by atoms with Gasteiger partial charge in [-0.05, 0) is 29.3 Å². The number of aliphatic hydroxyl groups is 1. The number of hydrogen-bond acceptors (Lipinski definition) is 5. The third-order valence-electron chi connectivity index (χ3n) is 3.90. The predicted octanol–water partition coefficient (Wildman–Crippen LogP) is 0.571. The number of nitrogens with one attached hydrogen (secondary N) is 2. The first-order chi connectivity index (χ1) is 11.9. The van der Waals surface area contributed by atoms with E-state index in [1.54, 1.807) is 42.5 Å². The molecule has 0 saturated heterocycles. The van der Waals surface area contributed by atoms with Crippen LogP contribution in [0.4, 0.5) is 5.69 Å². The summed E-state index contributed by atoms with van der Waals surface area (Å²) in [6.45, 7) is 0. The highest BCUT2D eigenvalue weighted by Crippen LogP contribution is 2.22. The second kappa shape index (κ2) is 6.74. The zero-order chi connectivity index (χ0) is 18.0. The van der Waals surface area contributed by atoms with Gasteiger partial charge in [0, 0.05) is 12.1 Å². The van der Waals surface area contributed by atoms with Crippen molar-refractivity contribution in [2.45, 2.75) is 19.1 Å². The molecule has 1 unspecified atom stereocenters. The van der Waals surface area contributed by atoms with E-state index in [1.165, 1.54) is 0 Å². The first-order valence-electron chi connectivity index (χ1n) is 7.73. The van der Waals surface area contributed by atoms with Crippen LogP contribution in [0.5, 0.6) is 0 Å². The number of hydrogen-bond donors (Lipinski definition) is 4. The second-order valence-corrected chi connectivity index (χ2v) is 5.83.